The molecule has 2 fully saturated rings. The number of anilines is 1. The first-order chi connectivity index (χ1) is 12.3. The van der Waals surface area contributed by atoms with Crippen molar-refractivity contribution in [1.82, 2.24) is 4.57 Å². The summed E-state index contributed by atoms with van der Waals surface area (Å²) in [7, 11) is 0. The van der Waals surface area contributed by atoms with Crippen LogP contribution in [0.3, 0.4) is 0 Å². The van der Waals surface area contributed by atoms with Gasteiger partial charge in [0.1, 0.15) is 5.82 Å². The molecule has 0 spiro atoms. The van der Waals surface area contributed by atoms with E-state index >= 15 is 0 Å². The summed E-state index contributed by atoms with van der Waals surface area (Å²) in [6, 6.07) is 0.709. The molecule has 0 amide bonds. The van der Waals surface area contributed by atoms with Gasteiger partial charge in [0, 0.05) is 25.2 Å². The third kappa shape index (κ3) is 2.44. The number of pyridine rings is 1. The van der Waals surface area contributed by atoms with Gasteiger partial charge in [-0.25, -0.2) is 9.18 Å². The van der Waals surface area contributed by atoms with Crippen molar-refractivity contribution in [2.24, 2.45) is 5.73 Å². The van der Waals surface area contributed by atoms with E-state index in [1.54, 1.807) is 4.90 Å². The molecule has 26 heavy (non-hydrogen) atoms. The first-order valence-electron chi connectivity index (χ1n) is 8.34. The number of aromatic nitrogens is 1. The summed E-state index contributed by atoms with van der Waals surface area (Å²) in [5.41, 5.74) is 4.70. The summed E-state index contributed by atoms with van der Waals surface area (Å²) < 4.78 is 16.1. The minimum absolute atomic E-state index is 0.0272. The Labute approximate surface area is 152 Å². The van der Waals surface area contributed by atoms with Crippen molar-refractivity contribution in [1.29, 1.82) is 0 Å². The van der Waals surface area contributed by atoms with Crippen LogP contribution < -0.4 is 16.1 Å². The van der Waals surface area contributed by atoms with Crippen LogP contribution in [0.15, 0.2) is 10.9 Å². The molecule has 2 aliphatic rings. The lowest BCUT2D eigenvalue weighted by molar-refractivity contribution is 0.0680. The Balaban J connectivity index is 2.10. The number of carboxylic acid groups (broad SMARTS) is 1. The number of aromatic carboxylic acids is 1. The largest absolute Gasteiger partial charge is 0.502 e. The van der Waals surface area contributed by atoms with E-state index in [4.69, 9.17) is 17.3 Å². The van der Waals surface area contributed by atoms with Crippen LogP contribution in [-0.2, 0) is 0 Å². The summed E-state index contributed by atoms with van der Waals surface area (Å²) in [5.74, 6) is -3.03. The average molecular weight is 382 g/mol. The van der Waals surface area contributed by atoms with Crippen LogP contribution in [0.1, 0.15) is 35.8 Å². The second-order valence-corrected chi connectivity index (χ2v) is 7.22. The Morgan fingerprint density at radius 3 is 2.58 bits per heavy atom. The molecular formula is C17H17ClFN3O4. The van der Waals surface area contributed by atoms with Gasteiger partial charge in [-0.15, -0.1) is 0 Å². The van der Waals surface area contributed by atoms with E-state index in [1.807, 2.05) is 0 Å². The predicted molar refractivity (Wildman–Crippen MR) is 94.9 cm³/mol. The first-order valence-corrected chi connectivity index (χ1v) is 8.72. The first kappa shape index (κ1) is 17.1. The van der Waals surface area contributed by atoms with Crippen LogP contribution >= 0.6 is 11.6 Å². The molecule has 1 aliphatic heterocycles. The molecule has 1 unspecified atom stereocenters. The number of benzene rings is 1. The molecule has 2 aromatic rings. The average Bonchev–Trinajstić information content (AvgIpc) is 3.32. The zero-order valence-electron chi connectivity index (χ0n) is 13.7. The van der Waals surface area contributed by atoms with Gasteiger partial charge in [0.05, 0.1) is 21.6 Å². The highest BCUT2D eigenvalue weighted by Crippen LogP contribution is 2.44. The molecule has 1 saturated heterocycles. The molecule has 4 N–H and O–H groups in total. The molecule has 4 rings (SSSR count). The molecule has 138 valence electrons. The van der Waals surface area contributed by atoms with E-state index in [0.717, 1.165) is 6.07 Å². The van der Waals surface area contributed by atoms with Gasteiger partial charge in [-0.2, -0.15) is 0 Å². The van der Waals surface area contributed by atoms with E-state index in [1.165, 1.54) is 4.57 Å². The quantitative estimate of drug-likeness (QED) is 0.751. The Hall–Kier alpha value is -2.32. The van der Waals surface area contributed by atoms with Crippen molar-refractivity contribution >= 4 is 34.2 Å². The minimum atomic E-state index is -1.43. The lowest BCUT2D eigenvalue weighted by Gasteiger charge is -2.23. The number of hydrogen-bond acceptors (Lipinski definition) is 5. The Morgan fingerprint density at radius 2 is 2.04 bits per heavy atom. The SMILES string of the molecule is NC1CCN(c2c(F)cc3c(=O)c(O)c(C(=O)O)n(C4CC4)c3c2Cl)C1. The van der Waals surface area contributed by atoms with Gasteiger partial charge in [-0.05, 0) is 25.3 Å². The van der Waals surface area contributed by atoms with Crippen molar-refractivity contribution in [2.75, 3.05) is 18.0 Å². The third-order valence-corrected chi connectivity index (χ3v) is 5.35. The Kier molecular flexibility index (Phi) is 3.85. The maximum absolute atomic E-state index is 14.8. The maximum atomic E-state index is 14.8. The minimum Gasteiger partial charge on any atom is -0.502 e. The van der Waals surface area contributed by atoms with Crippen LogP contribution in [0.5, 0.6) is 5.75 Å². The van der Waals surface area contributed by atoms with Gasteiger partial charge in [0.2, 0.25) is 5.43 Å². The second kappa shape index (κ2) is 5.85. The number of rotatable bonds is 3. The Bertz CT molecular complexity index is 1000. The van der Waals surface area contributed by atoms with Gasteiger partial charge in [0.15, 0.2) is 11.4 Å². The number of fused-ring (bicyclic) bond motifs is 1. The maximum Gasteiger partial charge on any atom is 0.356 e. The molecule has 2 heterocycles. The fraction of sp³-hybridized carbons (Fsp3) is 0.412. The number of hydrogen-bond donors (Lipinski definition) is 3. The number of aromatic hydroxyl groups is 1. The third-order valence-electron chi connectivity index (χ3n) is 4.99. The smallest absolute Gasteiger partial charge is 0.356 e. The van der Waals surface area contributed by atoms with E-state index < -0.39 is 28.7 Å². The fourth-order valence-electron chi connectivity index (χ4n) is 3.65. The Morgan fingerprint density at radius 1 is 1.35 bits per heavy atom. The van der Waals surface area contributed by atoms with E-state index in [0.29, 0.717) is 32.4 Å². The standard InChI is InChI=1S/C17H17ClFN3O4/c18-11-12-9(5-10(19)13(11)21-4-3-7(20)6-21)15(23)16(24)14(17(25)26)22(12)8-1-2-8/h5,7-8,24H,1-4,6,20H2,(H,25,26). The van der Waals surface area contributed by atoms with Crippen molar-refractivity contribution in [2.45, 2.75) is 31.3 Å². The predicted octanol–water partition coefficient (Wildman–Crippen LogP) is 2.07. The molecule has 1 saturated carbocycles. The highest BCUT2D eigenvalue weighted by molar-refractivity contribution is 6.38. The lowest BCUT2D eigenvalue weighted by Crippen LogP contribution is -2.27. The zero-order chi connectivity index (χ0) is 18.7. The number of carbonyl (C=O) groups is 1. The molecule has 7 nitrogen and oxygen atoms in total. The van der Waals surface area contributed by atoms with Crippen LogP contribution in [-0.4, -0.2) is 39.9 Å². The summed E-state index contributed by atoms with van der Waals surface area (Å²) in [6.45, 7) is 0.931. The normalized spacial score (nSPS) is 20.1. The fourth-order valence-corrected chi connectivity index (χ4v) is 4.05. The zero-order valence-corrected chi connectivity index (χ0v) is 14.5. The van der Waals surface area contributed by atoms with E-state index in [9.17, 15) is 24.2 Å². The lowest BCUT2D eigenvalue weighted by atomic mass is 10.1. The molecule has 0 bridgehead atoms. The van der Waals surface area contributed by atoms with Gasteiger partial charge in [-0.3, -0.25) is 4.79 Å². The number of nitrogens with two attached hydrogens (primary N) is 1. The van der Waals surface area contributed by atoms with Crippen LogP contribution in [0.25, 0.3) is 10.9 Å². The monoisotopic (exact) mass is 381 g/mol. The van der Waals surface area contributed by atoms with E-state index in [2.05, 4.69) is 0 Å². The van der Waals surface area contributed by atoms with Crippen LogP contribution in [0, 0.1) is 5.82 Å². The molecule has 1 aromatic carbocycles. The summed E-state index contributed by atoms with van der Waals surface area (Å²) in [5, 5.41) is 19.5. The number of halogens is 2. The van der Waals surface area contributed by atoms with Crippen molar-refractivity contribution in [3.63, 3.8) is 0 Å². The van der Waals surface area contributed by atoms with Crippen LogP contribution in [0.4, 0.5) is 10.1 Å². The number of carboxylic acids is 1. The van der Waals surface area contributed by atoms with Gasteiger partial charge in [-0.1, -0.05) is 11.6 Å². The van der Waals surface area contributed by atoms with E-state index in [-0.39, 0.29) is 33.7 Å². The summed E-state index contributed by atoms with van der Waals surface area (Å²) in [4.78, 5) is 25.8. The van der Waals surface area contributed by atoms with Crippen LogP contribution in [0.2, 0.25) is 5.02 Å². The van der Waals surface area contributed by atoms with Gasteiger partial charge >= 0.3 is 5.97 Å². The molecule has 0 radical (unpaired) electrons. The highest BCUT2D eigenvalue weighted by atomic mass is 35.5. The summed E-state index contributed by atoms with van der Waals surface area (Å²) in [6.07, 6.45) is 2.06. The molecular weight excluding hydrogens is 365 g/mol. The van der Waals surface area contributed by atoms with Gasteiger partial charge in [0.25, 0.3) is 0 Å². The summed E-state index contributed by atoms with van der Waals surface area (Å²) >= 11 is 6.50. The van der Waals surface area contributed by atoms with Crippen molar-refractivity contribution < 1.29 is 19.4 Å². The van der Waals surface area contributed by atoms with Crippen molar-refractivity contribution in [3.8, 4) is 5.75 Å². The molecule has 1 aliphatic carbocycles. The second-order valence-electron chi connectivity index (χ2n) is 6.84. The van der Waals surface area contributed by atoms with Gasteiger partial charge < -0.3 is 25.4 Å². The molecule has 9 heteroatoms. The van der Waals surface area contributed by atoms with Crippen molar-refractivity contribution in [3.05, 3.63) is 32.8 Å². The molecule has 1 aromatic heterocycles. The number of nitrogens with zero attached hydrogens (tertiary/aromatic N) is 2. The highest BCUT2D eigenvalue weighted by Gasteiger charge is 2.35. The topological polar surface area (TPSA) is 109 Å². The molecule has 1 atom stereocenters.